The second-order valence-electron chi connectivity index (χ2n) is 0.951. The summed E-state index contributed by atoms with van der Waals surface area (Å²) >= 11 is 16.3. The zero-order valence-corrected chi connectivity index (χ0v) is 14.2. The first kappa shape index (κ1) is 30.2. The molecule has 0 amide bonds. The molecule has 13 heteroatoms. The predicted octanol–water partition coefficient (Wildman–Crippen LogP) is -2.11. The fourth-order valence-electron chi connectivity index (χ4n) is 0. The average molecular weight is 525 g/mol. The van der Waals surface area contributed by atoms with E-state index < -0.39 is 21.7 Å². The predicted molar refractivity (Wildman–Crippen MR) is 50.8 cm³/mol. The molecular weight excluding hydrogens is 525 g/mol. The fourth-order valence-corrected chi connectivity index (χ4v) is 0. The third-order valence-electron chi connectivity index (χ3n) is 0. The summed E-state index contributed by atoms with van der Waals surface area (Å²) < 4.78 is 0. The van der Waals surface area contributed by atoms with Gasteiger partial charge in [-0.15, -0.1) is 0 Å². The molecule has 0 saturated heterocycles. The third kappa shape index (κ3) is 2160000. The van der Waals surface area contributed by atoms with Crippen molar-refractivity contribution in [1.82, 2.24) is 0 Å². The number of carbonyl (C=O) groups is 4. The summed E-state index contributed by atoms with van der Waals surface area (Å²) in [5.41, 5.74) is -6.44. The van der Waals surface area contributed by atoms with Gasteiger partial charge < -0.3 is 39.6 Å². The molecule has 96 valence electrons. The minimum atomic E-state index is -1.61. The van der Waals surface area contributed by atoms with Crippen molar-refractivity contribution >= 4 is 95.4 Å². The maximum atomic E-state index is 8.65. The molecule has 17 heavy (non-hydrogen) atoms. The number of carbonyl (C=O) groups excluding carboxylic acids is 4. The van der Waals surface area contributed by atoms with Crippen LogP contribution in [0, 0.1) is 0 Å². The molecule has 0 rings (SSSR count). The van der Waals surface area contributed by atoms with Crippen LogP contribution in [0.5, 0.6) is 0 Å². The van der Waals surface area contributed by atoms with Crippen molar-refractivity contribution in [3.05, 3.63) is 0 Å². The van der Waals surface area contributed by atoms with Crippen LogP contribution in [0.3, 0.4) is 0 Å². The number of hydrogen-bond acceptors (Lipinski definition) is 8. The van der Waals surface area contributed by atoms with Crippen LogP contribution in [0.15, 0.2) is 0 Å². The Kier molecular flexibility index (Phi) is 44.4. The molecule has 0 aliphatic carbocycles. The summed E-state index contributed by atoms with van der Waals surface area (Å²) in [6.45, 7) is 0. The molecular formula is C4Cl4O8Pb. The van der Waals surface area contributed by atoms with Gasteiger partial charge in [-0.3, -0.25) is 0 Å². The van der Waals surface area contributed by atoms with E-state index in [0.29, 0.717) is 0 Å². The minimum absolute atomic E-state index is 0. The van der Waals surface area contributed by atoms with Crippen LogP contribution in [-0.2, 0) is 0 Å². The second kappa shape index (κ2) is 25.0. The summed E-state index contributed by atoms with van der Waals surface area (Å²) in [6.07, 6.45) is 0. The third-order valence-corrected chi connectivity index (χ3v) is 0. The molecule has 0 radical (unpaired) electrons. The molecule has 0 aliphatic rings. The van der Waals surface area contributed by atoms with Gasteiger partial charge in [0.05, 0.1) is 0 Å². The van der Waals surface area contributed by atoms with Gasteiger partial charge in [0.15, 0.2) is 0 Å². The Morgan fingerprint density at radius 3 is 0.529 bits per heavy atom. The summed E-state index contributed by atoms with van der Waals surface area (Å²) in [5.74, 6) is 0. The van der Waals surface area contributed by atoms with Crippen LogP contribution in [0.1, 0.15) is 0 Å². The van der Waals surface area contributed by atoms with Crippen LogP contribution in [0.25, 0.3) is 0 Å². The van der Waals surface area contributed by atoms with E-state index in [0.717, 1.165) is 0 Å². The van der Waals surface area contributed by atoms with E-state index in [-0.39, 0.29) is 27.3 Å². The second-order valence-corrected chi connectivity index (χ2v) is 2.18. The van der Waals surface area contributed by atoms with Crippen molar-refractivity contribution in [2.45, 2.75) is 0 Å². The van der Waals surface area contributed by atoms with Gasteiger partial charge >= 0.3 is 27.3 Å². The molecule has 0 aromatic rings. The van der Waals surface area contributed by atoms with Crippen LogP contribution in [0.2, 0.25) is 0 Å². The maximum absolute atomic E-state index is 8.65. The molecule has 0 bridgehead atoms. The molecule has 0 aromatic heterocycles. The quantitative estimate of drug-likeness (QED) is 0.257. The van der Waals surface area contributed by atoms with Crippen LogP contribution in [0.4, 0.5) is 19.2 Å². The fraction of sp³-hybridized carbons (Fsp3) is 0. The smallest absolute Gasteiger partial charge is 0.534 e. The van der Waals surface area contributed by atoms with Gasteiger partial charge in [-0.2, -0.15) is 0 Å². The first-order valence-corrected chi connectivity index (χ1v) is 3.90. The molecule has 0 aromatic carbocycles. The van der Waals surface area contributed by atoms with Crippen molar-refractivity contribution in [1.29, 1.82) is 0 Å². The topological polar surface area (TPSA) is 161 Å². The number of halogens is 4. The summed E-state index contributed by atoms with van der Waals surface area (Å²) in [5, 5.41) is 34.6. The minimum Gasteiger partial charge on any atom is -0.534 e. The van der Waals surface area contributed by atoms with E-state index in [1.54, 1.807) is 0 Å². The normalized spacial score (nSPS) is 5.88. The van der Waals surface area contributed by atoms with Crippen molar-refractivity contribution in [3.63, 3.8) is 0 Å². The van der Waals surface area contributed by atoms with Gasteiger partial charge in [-0.1, -0.05) is 46.4 Å². The zero-order valence-electron chi connectivity index (χ0n) is 7.28. The summed E-state index contributed by atoms with van der Waals surface area (Å²) in [6, 6.07) is 0. The van der Waals surface area contributed by atoms with Crippen LogP contribution >= 0.6 is 46.4 Å². The Bertz CT molecular complexity index is 170. The Hall–Kier alpha value is -0.0379. The molecule has 0 saturated carbocycles. The van der Waals surface area contributed by atoms with E-state index in [9.17, 15) is 0 Å². The molecule has 0 heterocycles. The molecule has 8 nitrogen and oxygen atoms in total. The first-order chi connectivity index (χ1) is 6.93. The van der Waals surface area contributed by atoms with Crippen molar-refractivity contribution in [2.24, 2.45) is 0 Å². The van der Waals surface area contributed by atoms with E-state index in [1.807, 2.05) is 0 Å². The van der Waals surface area contributed by atoms with Crippen LogP contribution in [-0.4, -0.2) is 49.0 Å². The molecule has 0 spiro atoms. The van der Waals surface area contributed by atoms with Crippen molar-refractivity contribution in [2.75, 3.05) is 0 Å². The van der Waals surface area contributed by atoms with Crippen molar-refractivity contribution in [3.8, 4) is 0 Å². The van der Waals surface area contributed by atoms with E-state index in [4.69, 9.17) is 39.6 Å². The zero-order chi connectivity index (χ0) is 14.3. The van der Waals surface area contributed by atoms with E-state index in [2.05, 4.69) is 46.4 Å². The Morgan fingerprint density at radius 2 is 0.529 bits per heavy atom. The SMILES string of the molecule is O=C([O-])Cl.O=C([O-])Cl.O=C([O-])Cl.O=C([O-])Cl.[Pb+4]. The Labute approximate surface area is 134 Å². The van der Waals surface area contributed by atoms with Gasteiger partial charge in [0, 0.05) is 0 Å². The Morgan fingerprint density at radius 1 is 0.529 bits per heavy atom. The summed E-state index contributed by atoms with van der Waals surface area (Å²) in [4.78, 5) is 34.6. The van der Waals surface area contributed by atoms with Gasteiger partial charge in [0.2, 0.25) is 0 Å². The molecule has 0 N–H and O–H groups in total. The average Bonchev–Trinajstić information content (AvgIpc) is 1.76. The molecule has 0 atom stereocenters. The van der Waals surface area contributed by atoms with Gasteiger partial charge in [-0.05, 0) is 0 Å². The standard InChI is InChI=1S/4CHClO2.Pb/c4*2-1(3)4;/h4*(H,3,4);/q;;;;+4/p-4. The van der Waals surface area contributed by atoms with E-state index >= 15 is 0 Å². The molecule has 0 aliphatic heterocycles. The maximum Gasteiger partial charge on any atom is 4.00 e. The first-order valence-electron chi connectivity index (χ1n) is 2.39. The van der Waals surface area contributed by atoms with Gasteiger partial charge in [0.1, 0.15) is 21.7 Å². The monoisotopic (exact) mass is 524 g/mol. The largest absolute Gasteiger partial charge is 4.00 e. The molecule has 0 fully saturated rings. The van der Waals surface area contributed by atoms with Gasteiger partial charge in [-0.25, -0.2) is 0 Å². The number of carboxylic acid groups (broad SMARTS) is 4. The molecule has 0 unspecified atom stereocenters. The number of rotatable bonds is 0. The summed E-state index contributed by atoms with van der Waals surface area (Å²) in [7, 11) is 0. The Balaban J connectivity index is -0.0000000369. The number of hydrogen-bond donors (Lipinski definition) is 0. The van der Waals surface area contributed by atoms with Crippen molar-refractivity contribution < 1.29 is 39.6 Å². The van der Waals surface area contributed by atoms with E-state index in [1.165, 1.54) is 0 Å². The van der Waals surface area contributed by atoms with Crippen LogP contribution < -0.4 is 20.4 Å². The van der Waals surface area contributed by atoms with Gasteiger partial charge in [0.25, 0.3) is 0 Å².